The second-order valence-corrected chi connectivity index (χ2v) is 9.81. The van der Waals surface area contributed by atoms with E-state index in [0.717, 1.165) is 17.7 Å². The van der Waals surface area contributed by atoms with Gasteiger partial charge in [-0.3, -0.25) is 9.59 Å². The summed E-state index contributed by atoms with van der Waals surface area (Å²) in [6, 6.07) is 12.1. The molecule has 0 aliphatic carbocycles. The molecule has 7 nitrogen and oxygen atoms in total. The summed E-state index contributed by atoms with van der Waals surface area (Å²) in [5.74, 6) is -0.422. The number of amides is 2. The molecule has 2 heterocycles. The lowest BCUT2D eigenvalue weighted by molar-refractivity contribution is -0.121. The zero-order valence-corrected chi connectivity index (χ0v) is 17.0. The average Bonchev–Trinajstić information content (AvgIpc) is 3.39. The van der Waals surface area contributed by atoms with E-state index in [4.69, 9.17) is 0 Å². The fraction of sp³-hybridized carbons (Fsp3) is 0.368. The number of carbonyl (C=O) groups is 2. The van der Waals surface area contributed by atoms with Crippen LogP contribution in [0.1, 0.15) is 34.5 Å². The number of sulfonamides is 1. The van der Waals surface area contributed by atoms with Crippen LogP contribution in [-0.2, 0) is 21.4 Å². The minimum absolute atomic E-state index is 0.156. The molecule has 150 valence electrons. The van der Waals surface area contributed by atoms with E-state index in [2.05, 4.69) is 10.6 Å². The standard InChI is InChI=1S/C19H23N3O4S2/c23-17(10-11-20-19(24)15-6-2-1-3-7-15)21-14-16-8-9-18(27-16)28(25,26)22-12-4-5-13-22/h1-3,6-9H,4-5,10-14H2,(H,20,24)(H,21,23). The van der Waals surface area contributed by atoms with Crippen LogP contribution in [-0.4, -0.2) is 44.2 Å². The topological polar surface area (TPSA) is 95.6 Å². The summed E-state index contributed by atoms with van der Waals surface area (Å²) in [5, 5.41) is 5.46. The van der Waals surface area contributed by atoms with Gasteiger partial charge in [-0.05, 0) is 37.1 Å². The Morgan fingerprint density at radius 3 is 2.43 bits per heavy atom. The maximum atomic E-state index is 12.5. The lowest BCUT2D eigenvalue weighted by atomic mass is 10.2. The molecular formula is C19H23N3O4S2. The molecule has 28 heavy (non-hydrogen) atoms. The van der Waals surface area contributed by atoms with Crippen LogP contribution in [0.25, 0.3) is 0 Å². The van der Waals surface area contributed by atoms with Crippen molar-refractivity contribution in [2.45, 2.75) is 30.0 Å². The Morgan fingerprint density at radius 2 is 1.71 bits per heavy atom. The first-order valence-electron chi connectivity index (χ1n) is 9.15. The van der Waals surface area contributed by atoms with Gasteiger partial charge in [-0.25, -0.2) is 8.42 Å². The first-order chi connectivity index (χ1) is 13.5. The molecule has 0 unspecified atom stereocenters. The summed E-state index contributed by atoms with van der Waals surface area (Å²) < 4.78 is 26.9. The van der Waals surface area contributed by atoms with Gasteiger partial charge in [-0.2, -0.15) is 4.31 Å². The molecule has 2 aromatic rings. The van der Waals surface area contributed by atoms with E-state index in [9.17, 15) is 18.0 Å². The molecule has 3 rings (SSSR count). The van der Waals surface area contributed by atoms with Gasteiger partial charge in [0, 0.05) is 36.5 Å². The zero-order chi connectivity index (χ0) is 20.0. The summed E-state index contributed by atoms with van der Waals surface area (Å²) in [4.78, 5) is 24.6. The van der Waals surface area contributed by atoms with Gasteiger partial charge < -0.3 is 10.6 Å². The molecule has 0 spiro atoms. The molecule has 2 N–H and O–H groups in total. The number of rotatable bonds is 8. The van der Waals surface area contributed by atoms with Crippen molar-refractivity contribution >= 4 is 33.2 Å². The summed E-state index contributed by atoms with van der Waals surface area (Å²) in [6.07, 6.45) is 1.95. The Morgan fingerprint density at radius 1 is 1.00 bits per heavy atom. The van der Waals surface area contributed by atoms with Crippen LogP contribution in [0.5, 0.6) is 0 Å². The molecule has 1 aromatic carbocycles. The summed E-state index contributed by atoms with van der Waals surface area (Å²) >= 11 is 1.18. The van der Waals surface area contributed by atoms with Crippen LogP contribution in [0.2, 0.25) is 0 Å². The van der Waals surface area contributed by atoms with Gasteiger partial charge in [0.15, 0.2) is 0 Å². The van der Waals surface area contributed by atoms with Gasteiger partial charge in [0.1, 0.15) is 4.21 Å². The maximum absolute atomic E-state index is 12.5. The molecule has 1 aromatic heterocycles. The number of nitrogens with zero attached hydrogens (tertiary/aromatic N) is 1. The van der Waals surface area contributed by atoms with Crippen molar-refractivity contribution in [2.75, 3.05) is 19.6 Å². The summed E-state index contributed by atoms with van der Waals surface area (Å²) in [7, 11) is -3.41. The highest BCUT2D eigenvalue weighted by molar-refractivity contribution is 7.91. The van der Waals surface area contributed by atoms with Crippen molar-refractivity contribution in [3.05, 3.63) is 52.9 Å². The molecule has 9 heteroatoms. The molecule has 0 bridgehead atoms. The van der Waals surface area contributed by atoms with Crippen molar-refractivity contribution in [1.29, 1.82) is 0 Å². The average molecular weight is 422 g/mol. The monoisotopic (exact) mass is 421 g/mol. The Kier molecular flexibility index (Phi) is 6.82. The van der Waals surface area contributed by atoms with E-state index in [1.54, 1.807) is 36.4 Å². The minimum atomic E-state index is -3.41. The highest BCUT2D eigenvalue weighted by Crippen LogP contribution is 2.27. The van der Waals surface area contributed by atoms with Crippen molar-refractivity contribution in [3.63, 3.8) is 0 Å². The third-order valence-electron chi connectivity index (χ3n) is 4.43. The van der Waals surface area contributed by atoms with E-state index >= 15 is 0 Å². The molecule has 0 atom stereocenters. The third kappa shape index (κ3) is 5.18. The van der Waals surface area contributed by atoms with E-state index in [1.165, 1.54) is 15.6 Å². The normalized spacial score (nSPS) is 14.7. The summed E-state index contributed by atoms with van der Waals surface area (Å²) in [5.41, 5.74) is 0.549. The minimum Gasteiger partial charge on any atom is -0.352 e. The van der Waals surface area contributed by atoms with Gasteiger partial charge in [0.25, 0.3) is 15.9 Å². The van der Waals surface area contributed by atoms with Crippen molar-refractivity contribution in [2.24, 2.45) is 0 Å². The zero-order valence-electron chi connectivity index (χ0n) is 15.4. The van der Waals surface area contributed by atoms with Gasteiger partial charge in [0.2, 0.25) is 5.91 Å². The number of hydrogen-bond acceptors (Lipinski definition) is 5. The smallest absolute Gasteiger partial charge is 0.252 e. The van der Waals surface area contributed by atoms with Crippen LogP contribution < -0.4 is 10.6 Å². The van der Waals surface area contributed by atoms with Crippen molar-refractivity contribution in [1.82, 2.24) is 14.9 Å². The van der Waals surface area contributed by atoms with Gasteiger partial charge in [0.05, 0.1) is 6.54 Å². The van der Waals surface area contributed by atoms with Crippen LogP contribution >= 0.6 is 11.3 Å². The number of thiophene rings is 1. The maximum Gasteiger partial charge on any atom is 0.252 e. The van der Waals surface area contributed by atoms with Crippen LogP contribution in [0.15, 0.2) is 46.7 Å². The lowest BCUT2D eigenvalue weighted by Gasteiger charge is -2.13. The SMILES string of the molecule is O=C(CCNC(=O)c1ccccc1)NCc1ccc(S(=O)(=O)N2CCCC2)s1. The largest absolute Gasteiger partial charge is 0.352 e. The predicted molar refractivity (Wildman–Crippen MR) is 108 cm³/mol. The van der Waals surface area contributed by atoms with E-state index in [-0.39, 0.29) is 31.3 Å². The van der Waals surface area contributed by atoms with Gasteiger partial charge >= 0.3 is 0 Å². The van der Waals surface area contributed by atoms with Crippen molar-refractivity contribution in [3.8, 4) is 0 Å². The Labute approximate surface area is 168 Å². The summed E-state index contributed by atoms with van der Waals surface area (Å²) in [6.45, 7) is 1.65. The Bertz CT molecular complexity index is 920. The fourth-order valence-corrected chi connectivity index (χ4v) is 5.87. The van der Waals surface area contributed by atoms with Crippen LogP contribution in [0, 0.1) is 0 Å². The number of carbonyl (C=O) groups excluding carboxylic acids is 2. The molecule has 1 fully saturated rings. The highest BCUT2D eigenvalue weighted by atomic mass is 32.2. The molecule has 0 radical (unpaired) electrons. The lowest BCUT2D eigenvalue weighted by Crippen LogP contribution is -2.30. The van der Waals surface area contributed by atoms with E-state index < -0.39 is 10.0 Å². The second kappa shape index (κ2) is 9.31. The molecule has 1 aliphatic heterocycles. The fourth-order valence-electron chi connectivity index (χ4n) is 2.90. The van der Waals surface area contributed by atoms with Crippen molar-refractivity contribution < 1.29 is 18.0 Å². The highest BCUT2D eigenvalue weighted by Gasteiger charge is 2.28. The quantitative estimate of drug-likeness (QED) is 0.681. The van der Waals surface area contributed by atoms with Gasteiger partial charge in [-0.15, -0.1) is 11.3 Å². The molecular weight excluding hydrogens is 398 g/mol. The molecule has 0 saturated carbocycles. The number of benzene rings is 1. The third-order valence-corrected chi connectivity index (χ3v) is 7.88. The number of nitrogens with one attached hydrogen (secondary N) is 2. The van der Waals surface area contributed by atoms with E-state index in [1.807, 2.05) is 6.07 Å². The van der Waals surface area contributed by atoms with Crippen LogP contribution in [0.3, 0.4) is 0 Å². The molecule has 1 aliphatic rings. The molecule has 1 saturated heterocycles. The van der Waals surface area contributed by atoms with Crippen LogP contribution in [0.4, 0.5) is 0 Å². The first-order valence-corrected chi connectivity index (χ1v) is 11.4. The van der Waals surface area contributed by atoms with Gasteiger partial charge in [-0.1, -0.05) is 18.2 Å². The first kappa shape index (κ1) is 20.5. The molecule has 2 amide bonds. The Hall–Kier alpha value is -2.23. The Balaban J connectivity index is 1.42. The van der Waals surface area contributed by atoms with E-state index in [0.29, 0.717) is 22.9 Å². The second-order valence-electron chi connectivity index (χ2n) is 6.48. The number of hydrogen-bond donors (Lipinski definition) is 2. The predicted octanol–water partition coefficient (Wildman–Crippen LogP) is 1.97.